The molecule has 170 valence electrons. The second kappa shape index (κ2) is 11.9. The topological polar surface area (TPSA) is 96.5 Å². The van der Waals surface area contributed by atoms with E-state index in [4.69, 9.17) is 4.74 Å². The summed E-state index contributed by atoms with van der Waals surface area (Å²) in [6.45, 7) is 2.40. The molecule has 0 spiro atoms. The second-order valence-electron chi connectivity index (χ2n) is 8.00. The quantitative estimate of drug-likeness (QED) is 0.506. The predicted octanol–water partition coefficient (Wildman–Crippen LogP) is 4.37. The number of carbonyl (C=O) groups is 3. The Kier molecular flexibility index (Phi) is 8.66. The monoisotopic (exact) mass is 437 g/mol. The van der Waals surface area contributed by atoms with Gasteiger partial charge in [0, 0.05) is 23.0 Å². The zero-order chi connectivity index (χ0) is 22.8. The van der Waals surface area contributed by atoms with Gasteiger partial charge < -0.3 is 20.7 Å². The van der Waals surface area contributed by atoms with Crippen molar-refractivity contribution in [1.29, 1.82) is 0 Å². The van der Waals surface area contributed by atoms with Crippen LogP contribution in [0.5, 0.6) is 0 Å². The molecule has 1 fully saturated rings. The zero-order valence-corrected chi connectivity index (χ0v) is 18.5. The van der Waals surface area contributed by atoms with Gasteiger partial charge in [0.05, 0.1) is 18.7 Å². The highest BCUT2D eigenvalue weighted by Gasteiger charge is 2.16. The van der Waals surface area contributed by atoms with Crippen molar-refractivity contribution in [2.24, 2.45) is 0 Å². The minimum Gasteiger partial charge on any atom is -0.462 e. The van der Waals surface area contributed by atoms with Gasteiger partial charge in [-0.2, -0.15) is 0 Å². The van der Waals surface area contributed by atoms with Crippen LogP contribution < -0.4 is 16.0 Å². The minimum absolute atomic E-state index is 0.0526. The molecule has 0 atom stereocenters. The molecule has 1 aliphatic rings. The van der Waals surface area contributed by atoms with Gasteiger partial charge in [0.2, 0.25) is 5.91 Å². The number of carbonyl (C=O) groups excluding carboxylic acids is 3. The lowest BCUT2D eigenvalue weighted by molar-refractivity contribution is -0.114. The Labute approximate surface area is 188 Å². The summed E-state index contributed by atoms with van der Waals surface area (Å²) in [6.07, 6.45) is 6.46. The summed E-state index contributed by atoms with van der Waals surface area (Å²) in [6, 6.07) is 14.0. The molecular formula is C25H31N3O4. The Balaban J connectivity index is 1.43. The van der Waals surface area contributed by atoms with Crippen LogP contribution in [0.4, 0.5) is 11.4 Å². The number of anilines is 2. The van der Waals surface area contributed by atoms with Crippen LogP contribution in [0.3, 0.4) is 0 Å². The third-order valence-corrected chi connectivity index (χ3v) is 5.38. The average Bonchev–Trinajstić information content (AvgIpc) is 2.82. The third-order valence-electron chi connectivity index (χ3n) is 5.38. The van der Waals surface area contributed by atoms with E-state index in [9.17, 15) is 14.4 Å². The van der Waals surface area contributed by atoms with E-state index in [1.807, 2.05) is 6.92 Å². The van der Waals surface area contributed by atoms with E-state index in [2.05, 4.69) is 16.0 Å². The Bertz CT molecular complexity index is 904. The average molecular weight is 438 g/mol. The Morgan fingerprint density at radius 3 is 2.16 bits per heavy atom. The number of ether oxygens (including phenoxy) is 1. The fraction of sp³-hybridized carbons (Fsp3) is 0.400. The summed E-state index contributed by atoms with van der Waals surface area (Å²) in [5.74, 6) is -0.643. The van der Waals surface area contributed by atoms with Crippen molar-refractivity contribution in [1.82, 2.24) is 5.32 Å². The lowest BCUT2D eigenvalue weighted by atomic mass is 9.95. The van der Waals surface area contributed by atoms with Crippen molar-refractivity contribution in [2.75, 3.05) is 23.8 Å². The summed E-state index contributed by atoms with van der Waals surface area (Å²) in [7, 11) is 0. The van der Waals surface area contributed by atoms with Crippen molar-refractivity contribution >= 4 is 29.2 Å². The number of hydrogen-bond acceptors (Lipinski definition) is 5. The van der Waals surface area contributed by atoms with Gasteiger partial charge in [-0.05, 0) is 67.8 Å². The van der Waals surface area contributed by atoms with Crippen molar-refractivity contribution in [3.8, 4) is 0 Å². The van der Waals surface area contributed by atoms with Crippen LogP contribution in [-0.2, 0) is 9.53 Å². The lowest BCUT2D eigenvalue weighted by Gasteiger charge is -2.22. The number of esters is 1. The molecule has 1 aliphatic carbocycles. The first-order valence-corrected chi connectivity index (χ1v) is 11.3. The van der Waals surface area contributed by atoms with E-state index in [-0.39, 0.29) is 30.4 Å². The van der Waals surface area contributed by atoms with E-state index in [1.54, 1.807) is 48.5 Å². The maximum absolute atomic E-state index is 12.4. The van der Waals surface area contributed by atoms with Crippen LogP contribution in [0.25, 0.3) is 0 Å². The Morgan fingerprint density at radius 2 is 1.50 bits per heavy atom. The number of hydrogen-bond donors (Lipinski definition) is 3. The predicted molar refractivity (Wildman–Crippen MR) is 125 cm³/mol. The highest BCUT2D eigenvalue weighted by atomic mass is 16.5. The molecule has 3 N–H and O–H groups in total. The van der Waals surface area contributed by atoms with Crippen LogP contribution in [0.2, 0.25) is 0 Å². The molecule has 7 nitrogen and oxygen atoms in total. The molecule has 3 rings (SSSR count). The van der Waals surface area contributed by atoms with Crippen molar-refractivity contribution in [3.63, 3.8) is 0 Å². The molecule has 0 aliphatic heterocycles. The summed E-state index contributed by atoms with van der Waals surface area (Å²) in [5, 5.41) is 8.93. The van der Waals surface area contributed by atoms with E-state index in [0.717, 1.165) is 24.9 Å². The zero-order valence-electron chi connectivity index (χ0n) is 18.5. The van der Waals surface area contributed by atoms with Crippen LogP contribution in [-0.4, -0.2) is 37.0 Å². The van der Waals surface area contributed by atoms with E-state index >= 15 is 0 Å². The normalized spacial score (nSPS) is 13.8. The van der Waals surface area contributed by atoms with Crippen molar-refractivity contribution in [3.05, 3.63) is 59.7 Å². The SMILES string of the molecule is CCCOC(=O)c1ccc(NC(=O)CNc2ccc(C(=O)NC3CCCCC3)cc2)cc1. The van der Waals surface area contributed by atoms with E-state index in [0.29, 0.717) is 23.4 Å². The second-order valence-corrected chi connectivity index (χ2v) is 8.00. The number of benzene rings is 2. The van der Waals surface area contributed by atoms with Gasteiger partial charge in [-0.3, -0.25) is 9.59 Å². The van der Waals surface area contributed by atoms with E-state index < -0.39 is 0 Å². The van der Waals surface area contributed by atoms with Crippen molar-refractivity contribution in [2.45, 2.75) is 51.5 Å². The maximum atomic E-state index is 12.4. The maximum Gasteiger partial charge on any atom is 0.338 e. The van der Waals surface area contributed by atoms with Crippen LogP contribution in [0.15, 0.2) is 48.5 Å². The van der Waals surface area contributed by atoms with Gasteiger partial charge in [-0.25, -0.2) is 4.79 Å². The first-order valence-electron chi connectivity index (χ1n) is 11.3. The number of rotatable bonds is 9. The highest BCUT2D eigenvalue weighted by Crippen LogP contribution is 2.18. The molecule has 1 saturated carbocycles. The van der Waals surface area contributed by atoms with Gasteiger partial charge in [0.15, 0.2) is 0 Å². The van der Waals surface area contributed by atoms with Crippen LogP contribution in [0, 0.1) is 0 Å². The van der Waals surface area contributed by atoms with Gasteiger partial charge in [0.25, 0.3) is 5.91 Å². The lowest BCUT2D eigenvalue weighted by Crippen LogP contribution is -2.36. The van der Waals surface area contributed by atoms with E-state index in [1.165, 1.54) is 19.3 Å². The summed E-state index contributed by atoms with van der Waals surface area (Å²) >= 11 is 0. The molecule has 2 aromatic rings. The largest absolute Gasteiger partial charge is 0.462 e. The van der Waals surface area contributed by atoms with Crippen molar-refractivity contribution < 1.29 is 19.1 Å². The summed E-state index contributed by atoms with van der Waals surface area (Å²) in [5.41, 5.74) is 2.41. The molecule has 0 radical (unpaired) electrons. The molecule has 0 unspecified atom stereocenters. The summed E-state index contributed by atoms with van der Waals surface area (Å²) < 4.78 is 5.09. The van der Waals surface area contributed by atoms with Crippen LogP contribution in [0.1, 0.15) is 66.2 Å². The number of amides is 2. The minimum atomic E-state index is -0.373. The fourth-order valence-corrected chi connectivity index (χ4v) is 3.61. The Morgan fingerprint density at radius 1 is 0.875 bits per heavy atom. The molecule has 2 aromatic carbocycles. The van der Waals surface area contributed by atoms with Crippen LogP contribution >= 0.6 is 0 Å². The first kappa shape index (κ1) is 23.3. The molecule has 32 heavy (non-hydrogen) atoms. The molecular weight excluding hydrogens is 406 g/mol. The first-order chi connectivity index (χ1) is 15.5. The standard InChI is InChI=1S/C25H31N3O4/c1-2-16-32-25(31)19-10-14-22(15-11-19)27-23(29)17-26-20-12-8-18(9-13-20)24(30)28-21-6-4-3-5-7-21/h8-15,21,26H,2-7,16-17H2,1H3,(H,27,29)(H,28,30). The van der Waals surface area contributed by atoms with Gasteiger partial charge >= 0.3 is 5.97 Å². The molecule has 0 aromatic heterocycles. The molecule has 7 heteroatoms. The van der Waals surface area contributed by atoms with Gasteiger partial charge in [-0.1, -0.05) is 26.2 Å². The number of nitrogens with one attached hydrogen (secondary N) is 3. The molecule has 2 amide bonds. The Hall–Kier alpha value is -3.35. The molecule has 0 heterocycles. The third kappa shape index (κ3) is 7.11. The fourth-order valence-electron chi connectivity index (χ4n) is 3.61. The molecule has 0 bridgehead atoms. The van der Waals surface area contributed by atoms with Gasteiger partial charge in [-0.15, -0.1) is 0 Å². The summed E-state index contributed by atoms with van der Waals surface area (Å²) in [4.78, 5) is 36.4. The highest BCUT2D eigenvalue weighted by molar-refractivity contribution is 5.96. The molecule has 0 saturated heterocycles. The van der Waals surface area contributed by atoms with Gasteiger partial charge in [0.1, 0.15) is 0 Å². The smallest absolute Gasteiger partial charge is 0.338 e.